The van der Waals surface area contributed by atoms with Crippen molar-refractivity contribution < 1.29 is 18.7 Å². The Morgan fingerprint density at radius 2 is 2.09 bits per heavy atom. The van der Waals surface area contributed by atoms with E-state index in [0.29, 0.717) is 27.1 Å². The minimum absolute atomic E-state index is 0.226. The van der Waals surface area contributed by atoms with Crippen molar-refractivity contribution in [1.82, 2.24) is 5.32 Å². The summed E-state index contributed by atoms with van der Waals surface area (Å²) in [7, 11) is 1.33. The van der Waals surface area contributed by atoms with Crippen LogP contribution >= 0.6 is 11.8 Å². The Bertz CT molecular complexity index is 792. The van der Waals surface area contributed by atoms with Crippen LogP contribution in [-0.2, 0) is 9.53 Å². The van der Waals surface area contributed by atoms with Crippen LogP contribution in [0.4, 0.5) is 5.69 Å². The summed E-state index contributed by atoms with van der Waals surface area (Å²) in [6, 6.07) is 10.1. The molecule has 116 valence electrons. The smallest absolute Gasteiger partial charge is 0.337 e. The van der Waals surface area contributed by atoms with Crippen molar-refractivity contribution in [2.75, 3.05) is 7.11 Å². The van der Waals surface area contributed by atoms with Crippen molar-refractivity contribution in [2.24, 2.45) is 4.99 Å². The van der Waals surface area contributed by atoms with Crippen LogP contribution in [-0.4, -0.2) is 24.2 Å². The molecule has 1 fully saturated rings. The standard InChI is InChI=1S/C16H12N2O4S/c1-21-15(20)10-4-6-11(7-5-10)17-16-18-14(19)13(23-16)9-12-3-2-8-22-12/h2-9H,1H3,(H,17,18,19)/b13-9-. The molecule has 23 heavy (non-hydrogen) atoms. The lowest BCUT2D eigenvalue weighted by atomic mass is 10.2. The zero-order chi connectivity index (χ0) is 16.2. The number of methoxy groups -OCH3 is 1. The number of esters is 1. The maximum Gasteiger partial charge on any atom is 0.337 e. The lowest BCUT2D eigenvalue weighted by Crippen LogP contribution is -2.19. The summed E-state index contributed by atoms with van der Waals surface area (Å²) in [5, 5.41) is 3.16. The summed E-state index contributed by atoms with van der Waals surface area (Å²) in [5.74, 6) is -0.0286. The van der Waals surface area contributed by atoms with Crippen molar-refractivity contribution in [3.05, 3.63) is 58.9 Å². The molecular formula is C16H12N2O4S. The van der Waals surface area contributed by atoms with Gasteiger partial charge in [0.2, 0.25) is 0 Å². The van der Waals surface area contributed by atoms with Crippen LogP contribution in [0.2, 0.25) is 0 Å². The number of carbonyl (C=O) groups excluding carboxylic acids is 2. The number of hydrogen-bond donors (Lipinski definition) is 1. The number of hydrogen-bond acceptors (Lipinski definition) is 6. The summed E-state index contributed by atoms with van der Waals surface area (Å²) < 4.78 is 9.83. The number of nitrogens with zero attached hydrogens (tertiary/aromatic N) is 1. The van der Waals surface area contributed by atoms with Gasteiger partial charge in [0, 0.05) is 6.08 Å². The summed E-state index contributed by atoms with van der Waals surface area (Å²) >= 11 is 1.23. The fourth-order valence-electron chi connectivity index (χ4n) is 1.89. The number of amidine groups is 1. The molecule has 1 aromatic heterocycles. The fraction of sp³-hybridized carbons (Fsp3) is 0.0625. The third-order valence-electron chi connectivity index (χ3n) is 2.99. The van der Waals surface area contributed by atoms with E-state index in [4.69, 9.17) is 4.42 Å². The van der Waals surface area contributed by atoms with Crippen LogP contribution < -0.4 is 5.32 Å². The molecule has 2 aromatic rings. The van der Waals surface area contributed by atoms with Crippen LogP contribution in [0.3, 0.4) is 0 Å². The summed E-state index contributed by atoms with van der Waals surface area (Å²) in [5.41, 5.74) is 1.07. The third-order valence-corrected chi connectivity index (χ3v) is 3.90. The Labute approximate surface area is 136 Å². The van der Waals surface area contributed by atoms with Gasteiger partial charge in [0.15, 0.2) is 5.17 Å². The number of aliphatic imine (C=N–C) groups is 1. The topological polar surface area (TPSA) is 80.9 Å². The van der Waals surface area contributed by atoms with Gasteiger partial charge in [-0.15, -0.1) is 0 Å². The lowest BCUT2D eigenvalue weighted by molar-refractivity contribution is -0.115. The summed E-state index contributed by atoms with van der Waals surface area (Å²) in [6.07, 6.45) is 3.20. The molecule has 1 aliphatic heterocycles. The second kappa shape index (κ2) is 6.53. The van der Waals surface area contributed by atoms with Gasteiger partial charge in [-0.3, -0.25) is 4.79 Å². The minimum Gasteiger partial charge on any atom is -0.465 e. The quantitative estimate of drug-likeness (QED) is 0.692. The lowest BCUT2D eigenvalue weighted by Gasteiger charge is -2.00. The molecule has 7 heteroatoms. The predicted molar refractivity (Wildman–Crippen MR) is 87.3 cm³/mol. The molecule has 1 saturated heterocycles. The van der Waals surface area contributed by atoms with Gasteiger partial charge in [0.1, 0.15) is 5.76 Å². The summed E-state index contributed by atoms with van der Waals surface area (Å²) in [4.78, 5) is 28.1. The molecule has 0 unspecified atom stereocenters. The van der Waals surface area contributed by atoms with E-state index in [1.165, 1.54) is 18.9 Å². The van der Waals surface area contributed by atoms with E-state index in [0.717, 1.165) is 0 Å². The second-order valence-corrected chi connectivity index (χ2v) is 5.57. The molecule has 2 heterocycles. The van der Waals surface area contributed by atoms with Crippen molar-refractivity contribution in [3.63, 3.8) is 0 Å². The molecule has 1 aliphatic rings. The molecule has 6 nitrogen and oxygen atoms in total. The normalized spacial score (nSPS) is 17.5. The number of nitrogens with one attached hydrogen (secondary N) is 1. The molecule has 0 aliphatic carbocycles. The van der Waals surface area contributed by atoms with E-state index >= 15 is 0 Å². The monoisotopic (exact) mass is 328 g/mol. The first-order valence-corrected chi connectivity index (χ1v) is 7.49. The molecule has 1 N–H and O–H groups in total. The number of amides is 1. The maximum atomic E-state index is 11.9. The van der Waals surface area contributed by atoms with Gasteiger partial charge in [-0.1, -0.05) is 0 Å². The van der Waals surface area contributed by atoms with Gasteiger partial charge >= 0.3 is 5.97 Å². The molecular weight excluding hydrogens is 316 g/mol. The highest BCUT2D eigenvalue weighted by molar-refractivity contribution is 8.18. The van der Waals surface area contributed by atoms with Crippen LogP contribution in [0.25, 0.3) is 6.08 Å². The number of thioether (sulfide) groups is 1. The number of benzene rings is 1. The Hall–Kier alpha value is -2.80. The predicted octanol–water partition coefficient (Wildman–Crippen LogP) is 2.96. The summed E-state index contributed by atoms with van der Waals surface area (Å²) in [6.45, 7) is 0. The highest BCUT2D eigenvalue weighted by atomic mass is 32.2. The molecule has 0 bridgehead atoms. The van der Waals surface area contributed by atoms with Crippen LogP contribution in [0, 0.1) is 0 Å². The van der Waals surface area contributed by atoms with E-state index < -0.39 is 5.97 Å². The Kier molecular flexibility index (Phi) is 4.29. The average molecular weight is 328 g/mol. The van der Waals surface area contributed by atoms with Gasteiger partial charge in [0.05, 0.1) is 29.5 Å². The van der Waals surface area contributed by atoms with Crippen LogP contribution in [0.5, 0.6) is 0 Å². The Morgan fingerprint density at radius 1 is 1.30 bits per heavy atom. The Morgan fingerprint density at radius 3 is 2.74 bits per heavy atom. The number of ether oxygens (including phenoxy) is 1. The number of furan rings is 1. The molecule has 0 atom stereocenters. The van der Waals surface area contributed by atoms with Gasteiger partial charge in [-0.25, -0.2) is 9.79 Å². The molecule has 0 spiro atoms. The number of carbonyl (C=O) groups is 2. The molecule has 1 amide bonds. The average Bonchev–Trinajstić information content (AvgIpc) is 3.18. The van der Waals surface area contributed by atoms with Gasteiger partial charge in [-0.2, -0.15) is 0 Å². The fourth-order valence-corrected chi connectivity index (χ4v) is 2.71. The zero-order valence-corrected chi connectivity index (χ0v) is 12.9. The van der Waals surface area contributed by atoms with E-state index in [1.54, 1.807) is 48.7 Å². The zero-order valence-electron chi connectivity index (χ0n) is 12.1. The van der Waals surface area contributed by atoms with Gasteiger partial charge in [0.25, 0.3) is 5.91 Å². The van der Waals surface area contributed by atoms with Crippen molar-refractivity contribution in [2.45, 2.75) is 0 Å². The SMILES string of the molecule is COC(=O)c1ccc(N=C2NC(=O)/C(=C/c3ccco3)S2)cc1. The van der Waals surface area contributed by atoms with Crippen molar-refractivity contribution >= 4 is 40.6 Å². The van der Waals surface area contributed by atoms with Crippen molar-refractivity contribution in [3.8, 4) is 0 Å². The van der Waals surface area contributed by atoms with Crippen LogP contribution in [0.1, 0.15) is 16.1 Å². The number of rotatable bonds is 3. The molecule has 0 radical (unpaired) electrons. The molecule has 1 aromatic carbocycles. The van der Waals surface area contributed by atoms with E-state index in [1.807, 2.05) is 0 Å². The largest absolute Gasteiger partial charge is 0.465 e. The molecule has 3 rings (SSSR count). The maximum absolute atomic E-state index is 11.9. The first-order chi connectivity index (χ1) is 11.2. The van der Waals surface area contributed by atoms with E-state index in [9.17, 15) is 9.59 Å². The third kappa shape index (κ3) is 3.51. The van der Waals surface area contributed by atoms with Crippen LogP contribution in [0.15, 0.2) is 57.0 Å². The van der Waals surface area contributed by atoms with E-state index in [2.05, 4.69) is 15.0 Å². The Balaban J connectivity index is 1.76. The van der Waals surface area contributed by atoms with Gasteiger partial charge in [-0.05, 0) is 48.2 Å². The second-order valence-electron chi connectivity index (χ2n) is 4.54. The molecule has 0 saturated carbocycles. The minimum atomic E-state index is -0.406. The van der Waals surface area contributed by atoms with Gasteiger partial charge < -0.3 is 14.5 Å². The first-order valence-electron chi connectivity index (χ1n) is 6.67. The van der Waals surface area contributed by atoms with E-state index in [-0.39, 0.29) is 5.91 Å². The van der Waals surface area contributed by atoms with Crippen molar-refractivity contribution in [1.29, 1.82) is 0 Å². The highest BCUT2D eigenvalue weighted by Gasteiger charge is 2.24. The first kappa shape index (κ1) is 15.1. The highest BCUT2D eigenvalue weighted by Crippen LogP contribution is 2.28.